The largest absolute Gasteiger partial charge is 0.360 e. The van der Waals surface area contributed by atoms with Crippen LogP contribution >= 0.6 is 0 Å². The molecule has 22 heavy (non-hydrogen) atoms. The fourth-order valence-electron chi connectivity index (χ4n) is 2.34. The van der Waals surface area contributed by atoms with Gasteiger partial charge in [0, 0.05) is 6.04 Å². The Labute approximate surface area is 129 Å². The zero-order chi connectivity index (χ0) is 16.5. The van der Waals surface area contributed by atoms with Crippen LogP contribution in [0.1, 0.15) is 36.9 Å². The summed E-state index contributed by atoms with van der Waals surface area (Å²) in [6.45, 7) is 6.91. The first kappa shape index (κ1) is 16.6. The zero-order valence-corrected chi connectivity index (χ0v) is 13.7. The van der Waals surface area contributed by atoms with E-state index in [1.54, 1.807) is 26.0 Å². The van der Waals surface area contributed by atoms with Crippen LogP contribution in [0.15, 0.2) is 33.7 Å². The maximum Gasteiger partial charge on any atom is 0.246 e. The molecule has 0 unspecified atom stereocenters. The van der Waals surface area contributed by atoms with Gasteiger partial charge in [-0.15, -0.1) is 0 Å². The Kier molecular flexibility index (Phi) is 4.67. The second-order valence-corrected chi connectivity index (χ2v) is 7.20. The van der Waals surface area contributed by atoms with Crippen molar-refractivity contribution < 1.29 is 17.3 Å². The lowest BCUT2D eigenvalue weighted by Gasteiger charge is -2.22. The third-order valence-corrected chi connectivity index (χ3v) is 5.10. The summed E-state index contributed by atoms with van der Waals surface area (Å²) in [5, 5.41) is 3.68. The molecule has 0 aliphatic rings. The maximum atomic E-state index is 13.1. The van der Waals surface area contributed by atoms with Crippen LogP contribution in [0.2, 0.25) is 0 Å². The van der Waals surface area contributed by atoms with Crippen LogP contribution in [0.4, 0.5) is 4.39 Å². The first-order chi connectivity index (χ1) is 10.2. The summed E-state index contributed by atoms with van der Waals surface area (Å²) >= 11 is 0. The van der Waals surface area contributed by atoms with E-state index < -0.39 is 16.1 Å². The highest BCUT2D eigenvalue weighted by Gasteiger charge is 2.29. The molecule has 7 heteroatoms. The van der Waals surface area contributed by atoms with Gasteiger partial charge in [0.1, 0.15) is 16.4 Å². The molecule has 0 saturated carbocycles. The van der Waals surface area contributed by atoms with E-state index in [-0.39, 0.29) is 22.4 Å². The number of hydrogen-bond acceptors (Lipinski definition) is 4. The lowest BCUT2D eigenvalue weighted by molar-refractivity contribution is 0.390. The van der Waals surface area contributed by atoms with Gasteiger partial charge in [-0.05, 0) is 37.5 Å². The summed E-state index contributed by atoms with van der Waals surface area (Å²) in [6, 6.07) is 5.31. The number of halogens is 1. The molecular formula is C15H19FN2O3S. The molecule has 120 valence electrons. The van der Waals surface area contributed by atoms with E-state index >= 15 is 0 Å². The first-order valence-electron chi connectivity index (χ1n) is 6.93. The fourth-order valence-corrected chi connectivity index (χ4v) is 4.05. The standard InChI is InChI=1S/C15H19FN2O3S/c1-9(2)14(12-5-7-13(16)8-6-12)18-22(19,20)15-10(3)17-21-11(15)4/h5-9,14,18H,1-4H3/t14-/m0/s1. The normalized spacial score (nSPS) is 13.5. The van der Waals surface area contributed by atoms with E-state index in [2.05, 4.69) is 9.88 Å². The van der Waals surface area contributed by atoms with E-state index in [4.69, 9.17) is 4.52 Å². The summed E-state index contributed by atoms with van der Waals surface area (Å²) in [6.07, 6.45) is 0. The summed E-state index contributed by atoms with van der Waals surface area (Å²) in [5.41, 5.74) is 1.01. The number of nitrogens with zero attached hydrogens (tertiary/aromatic N) is 1. The Morgan fingerprint density at radius 3 is 2.23 bits per heavy atom. The highest BCUT2D eigenvalue weighted by Crippen LogP contribution is 2.26. The molecule has 1 atom stereocenters. The molecule has 1 aromatic carbocycles. The van der Waals surface area contributed by atoms with Crippen LogP contribution in [0.5, 0.6) is 0 Å². The van der Waals surface area contributed by atoms with E-state index in [9.17, 15) is 12.8 Å². The average molecular weight is 326 g/mol. The van der Waals surface area contributed by atoms with Gasteiger partial charge in [0.15, 0.2) is 5.76 Å². The summed E-state index contributed by atoms with van der Waals surface area (Å²) in [5.74, 6) is -0.132. The van der Waals surface area contributed by atoms with Gasteiger partial charge in [0.05, 0.1) is 0 Å². The second-order valence-electron chi connectivity index (χ2n) is 5.55. The molecule has 0 amide bonds. The van der Waals surface area contributed by atoms with Crippen molar-refractivity contribution in [1.29, 1.82) is 0 Å². The van der Waals surface area contributed by atoms with Crippen LogP contribution in [-0.4, -0.2) is 13.6 Å². The second kappa shape index (κ2) is 6.18. The van der Waals surface area contributed by atoms with Crippen LogP contribution < -0.4 is 4.72 Å². The molecule has 0 spiro atoms. The predicted octanol–water partition coefficient (Wildman–Crippen LogP) is 3.11. The number of hydrogen-bond donors (Lipinski definition) is 1. The van der Waals surface area contributed by atoms with Gasteiger partial charge in [0.2, 0.25) is 10.0 Å². The Hall–Kier alpha value is -1.73. The summed E-state index contributed by atoms with van der Waals surface area (Å²) in [4.78, 5) is 0.0558. The summed E-state index contributed by atoms with van der Waals surface area (Å²) < 4.78 is 45.9. The lowest BCUT2D eigenvalue weighted by Crippen LogP contribution is -2.32. The third kappa shape index (κ3) is 3.36. The van der Waals surface area contributed by atoms with Crippen molar-refractivity contribution in [2.24, 2.45) is 5.92 Å². The highest BCUT2D eigenvalue weighted by molar-refractivity contribution is 7.89. The number of rotatable bonds is 5. The van der Waals surface area contributed by atoms with Crippen LogP contribution in [0.25, 0.3) is 0 Å². The number of benzene rings is 1. The molecule has 2 rings (SSSR count). The minimum Gasteiger partial charge on any atom is -0.360 e. The Morgan fingerprint density at radius 1 is 1.18 bits per heavy atom. The number of aryl methyl sites for hydroxylation is 2. The van der Waals surface area contributed by atoms with Crippen molar-refractivity contribution >= 4 is 10.0 Å². The molecule has 2 aromatic rings. The smallest absolute Gasteiger partial charge is 0.246 e. The summed E-state index contributed by atoms with van der Waals surface area (Å²) in [7, 11) is -3.78. The van der Waals surface area contributed by atoms with Gasteiger partial charge >= 0.3 is 0 Å². The fraction of sp³-hybridized carbons (Fsp3) is 0.400. The molecule has 0 aliphatic carbocycles. The van der Waals surface area contributed by atoms with Crippen molar-refractivity contribution in [3.05, 3.63) is 47.1 Å². The van der Waals surface area contributed by atoms with E-state index in [1.807, 2.05) is 13.8 Å². The van der Waals surface area contributed by atoms with Gasteiger partial charge in [-0.1, -0.05) is 31.1 Å². The predicted molar refractivity (Wildman–Crippen MR) is 80.3 cm³/mol. The van der Waals surface area contributed by atoms with Crippen molar-refractivity contribution in [3.8, 4) is 0 Å². The monoisotopic (exact) mass is 326 g/mol. The molecule has 0 saturated heterocycles. The SMILES string of the molecule is Cc1noc(C)c1S(=O)(=O)N[C@H](c1ccc(F)cc1)C(C)C. The van der Waals surface area contributed by atoms with E-state index in [0.717, 1.165) is 0 Å². The number of nitrogens with one attached hydrogen (secondary N) is 1. The quantitative estimate of drug-likeness (QED) is 0.916. The van der Waals surface area contributed by atoms with Crippen LogP contribution in [0.3, 0.4) is 0 Å². The molecule has 0 bridgehead atoms. The minimum atomic E-state index is -3.78. The Bertz CT molecular complexity index is 732. The highest BCUT2D eigenvalue weighted by atomic mass is 32.2. The molecule has 1 aromatic heterocycles. The molecule has 0 radical (unpaired) electrons. The Morgan fingerprint density at radius 2 is 1.77 bits per heavy atom. The molecule has 0 aliphatic heterocycles. The van der Waals surface area contributed by atoms with Crippen molar-refractivity contribution in [3.63, 3.8) is 0 Å². The van der Waals surface area contributed by atoms with Crippen molar-refractivity contribution in [1.82, 2.24) is 9.88 Å². The van der Waals surface area contributed by atoms with E-state index in [0.29, 0.717) is 11.3 Å². The lowest BCUT2D eigenvalue weighted by atomic mass is 9.97. The van der Waals surface area contributed by atoms with Gasteiger partial charge in [0.25, 0.3) is 0 Å². The van der Waals surface area contributed by atoms with Crippen LogP contribution in [-0.2, 0) is 10.0 Å². The zero-order valence-electron chi connectivity index (χ0n) is 12.9. The van der Waals surface area contributed by atoms with Gasteiger partial charge in [-0.25, -0.2) is 17.5 Å². The molecule has 5 nitrogen and oxygen atoms in total. The topological polar surface area (TPSA) is 72.2 Å². The van der Waals surface area contributed by atoms with Crippen LogP contribution in [0, 0.1) is 25.6 Å². The van der Waals surface area contributed by atoms with E-state index in [1.165, 1.54) is 12.1 Å². The average Bonchev–Trinajstić information content (AvgIpc) is 2.77. The van der Waals surface area contributed by atoms with Gasteiger partial charge < -0.3 is 4.52 Å². The maximum absolute atomic E-state index is 13.1. The number of sulfonamides is 1. The van der Waals surface area contributed by atoms with Gasteiger partial charge in [-0.3, -0.25) is 0 Å². The molecule has 1 heterocycles. The van der Waals surface area contributed by atoms with Crippen molar-refractivity contribution in [2.45, 2.75) is 38.6 Å². The first-order valence-corrected chi connectivity index (χ1v) is 8.41. The minimum absolute atomic E-state index is 0.0132. The Balaban J connectivity index is 2.38. The molecular weight excluding hydrogens is 307 g/mol. The molecule has 0 fully saturated rings. The molecule has 1 N–H and O–H groups in total. The van der Waals surface area contributed by atoms with Crippen molar-refractivity contribution in [2.75, 3.05) is 0 Å². The van der Waals surface area contributed by atoms with Gasteiger partial charge in [-0.2, -0.15) is 0 Å². The third-order valence-electron chi connectivity index (χ3n) is 3.41. The number of aromatic nitrogens is 1.